The van der Waals surface area contributed by atoms with Crippen molar-refractivity contribution >= 4 is 11.9 Å². The van der Waals surface area contributed by atoms with Crippen LogP contribution in [0.3, 0.4) is 0 Å². The molecule has 0 aliphatic rings. The molecule has 1 aromatic heterocycles. The Morgan fingerprint density at radius 3 is 2.46 bits per heavy atom. The molecular formula is C22H27N3O3. The second kappa shape index (κ2) is 8.75. The van der Waals surface area contributed by atoms with Crippen molar-refractivity contribution in [3.05, 3.63) is 58.9 Å². The molecule has 0 aliphatic carbocycles. The zero-order chi connectivity index (χ0) is 20.9. The zero-order valence-electron chi connectivity index (χ0n) is 17.1. The number of aromatic nitrogens is 1. The highest BCUT2D eigenvalue weighted by molar-refractivity contribution is 5.92. The summed E-state index contributed by atoms with van der Waals surface area (Å²) in [5.74, 6) is -1.12. The predicted molar refractivity (Wildman–Crippen MR) is 107 cm³/mol. The van der Waals surface area contributed by atoms with E-state index < -0.39 is 24.0 Å². The number of amides is 1. The van der Waals surface area contributed by atoms with E-state index in [4.69, 9.17) is 4.74 Å². The van der Waals surface area contributed by atoms with Gasteiger partial charge in [0.1, 0.15) is 5.54 Å². The number of benzene rings is 1. The average Bonchev–Trinajstić information content (AvgIpc) is 2.95. The first-order valence-electron chi connectivity index (χ1n) is 9.28. The van der Waals surface area contributed by atoms with Crippen LogP contribution in [0.1, 0.15) is 48.1 Å². The number of carbonyl (C=O) groups excluding carboxylic acids is 2. The molecule has 0 saturated carbocycles. The number of nitrogens with one attached hydrogen (secondary N) is 1. The molecule has 148 valence electrons. The van der Waals surface area contributed by atoms with Gasteiger partial charge in [-0.3, -0.25) is 4.79 Å². The van der Waals surface area contributed by atoms with E-state index in [0.29, 0.717) is 12.1 Å². The Morgan fingerprint density at radius 2 is 1.89 bits per heavy atom. The minimum atomic E-state index is -1.00. The van der Waals surface area contributed by atoms with Crippen LogP contribution in [0.25, 0.3) is 0 Å². The summed E-state index contributed by atoms with van der Waals surface area (Å²) in [6.07, 6.45) is 0. The van der Waals surface area contributed by atoms with Crippen LogP contribution in [-0.2, 0) is 16.1 Å². The number of nitriles is 1. The minimum Gasteiger partial charge on any atom is -0.452 e. The van der Waals surface area contributed by atoms with E-state index in [9.17, 15) is 14.9 Å². The molecule has 1 amide bonds. The highest BCUT2D eigenvalue weighted by atomic mass is 16.5. The number of rotatable bonds is 7. The highest BCUT2D eigenvalue weighted by Gasteiger charge is 2.30. The Hall–Kier alpha value is -3.07. The Labute approximate surface area is 166 Å². The summed E-state index contributed by atoms with van der Waals surface area (Å²) in [5, 5.41) is 11.9. The molecule has 1 atom stereocenters. The summed E-state index contributed by atoms with van der Waals surface area (Å²) in [5.41, 5.74) is 2.29. The van der Waals surface area contributed by atoms with Crippen LogP contribution in [0.4, 0.5) is 0 Å². The van der Waals surface area contributed by atoms with E-state index >= 15 is 0 Å². The fourth-order valence-corrected chi connectivity index (χ4v) is 2.85. The molecular weight excluding hydrogens is 354 g/mol. The van der Waals surface area contributed by atoms with Crippen molar-refractivity contribution < 1.29 is 14.3 Å². The van der Waals surface area contributed by atoms with Crippen molar-refractivity contribution in [3.63, 3.8) is 0 Å². The van der Waals surface area contributed by atoms with Gasteiger partial charge in [-0.1, -0.05) is 44.2 Å². The first kappa shape index (κ1) is 21.2. The SMILES string of the molecule is Cc1cc(C(=O)OCC(=O)N[C@@](C)(C#N)C(C)C)c(C)n1Cc1ccccc1. The molecule has 1 aromatic carbocycles. The maximum atomic E-state index is 12.5. The predicted octanol–water partition coefficient (Wildman–Crippen LogP) is 3.36. The van der Waals surface area contributed by atoms with Gasteiger partial charge in [0.05, 0.1) is 11.6 Å². The van der Waals surface area contributed by atoms with Gasteiger partial charge in [-0.15, -0.1) is 0 Å². The van der Waals surface area contributed by atoms with Crippen LogP contribution in [0.5, 0.6) is 0 Å². The van der Waals surface area contributed by atoms with Gasteiger partial charge >= 0.3 is 5.97 Å². The van der Waals surface area contributed by atoms with Crippen LogP contribution in [0.2, 0.25) is 0 Å². The maximum absolute atomic E-state index is 12.5. The number of hydrogen-bond acceptors (Lipinski definition) is 4. The van der Waals surface area contributed by atoms with Gasteiger partial charge < -0.3 is 14.6 Å². The van der Waals surface area contributed by atoms with E-state index in [2.05, 4.69) is 11.4 Å². The van der Waals surface area contributed by atoms with Crippen LogP contribution in [0.15, 0.2) is 36.4 Å². The first-order chi connectivity index (χ1) is 13.2. The summed E-state index contributed by atoms with van der Waals surface area (Å²) in [4.78, 5) is 24.6. The summed E-state index contributed by atoms with van der Waals surface area (Å²) < 4.78 is 7.22. The summed E-state index contributed by atoms with van der Waals surface area (Å²) in [6, 6.07) is 13.8. The molecule has 2 aromatic rings. The van der Waals surface area contributed by atoms with E-state index in [1.165, 1.54) is 0 Å². The molecule has 1 heterocycles. The lowest BCUT2D eigenvalue weighted by atomic mass is 9.90. The molecule has 0 spiro atoms. The number of hydrogen-bond donors (Lipinski definition) is 1. The van der Waals surface area contributed by atoms with Crippen molar-refractivity contribution in [1.29, 1.82) is 5.26 Å². The largest absolute Gasteiger partial charge is 0.452 e. The lowest BCUT2D eigenvalue weighted by Crippen LogP contribution is -2.50. The van der Waals surface area contributed by atoms with E-state index in [1.54, 1.807) is 13.0 Å². The Bertz CT molecular complexity index is 894. The van der Waals surface area contributed by atoms with Crippen molar-refractivity contribution in [2.24, 2.45) is 5.92 Å². The molecule has 2 rings (SSSR count). The maximum Gasteiger partial charge on any atom is 0.340 e. The third-order valence-electron chi connectivity index (χ3n) is 5.10. The van der Waals surface area contributed by atoms with Gasteiger partial charge in [-0.2, -0.15) is 5.26 Å². The number of aryl methyl sites for hydroxylation is 1. The zero-order valence-corrected chi connectivity index (χ0v) is 17.1. The molecule has 28 heavy (non-hydrogen) atoms. The fourth-order valence-electron chi connectivity index (χ4n) is 2.85. The number of esters is 1. The second-order valence-corrected chi connectivity index (χ2v) is 7.45. The number of nitrogens with zero attached hydrogens (tertiary/aromatic N) is 2. The Kier molecular flexibility index (Phi) is 6.63. The summed E-state index contributed by atoms with van der Waals surface area (Å²) >= 11 is 0. The average molecular weight is 381 g/mol. The van der Waals surface area contributed by atoms with Crippen molar-refractivity contribution in [1.82, 2.24) is 9.88 Å². The van der Waals surface area contributed by atoms with Crippen LogP contribution >= 0.6 is 0 Å². The molecule has 0 aliphatic heterocycles. The quantitative estimate of drug-likeness (QED) is 0.745. The molecule has 0 bridgehead atoms. The summed E-state index contributed by atoms with van der Waals surface area (Å²) in [6.45, 7) is 9.35. The third kappa shape index (κ3) is 4.80. The van der Waals surface area contributed by atoms with Crippen LogP contribution in [0, 0.1) is 31.1 Å². The highest BCUT2D eigenvalue weighted by Crippen LogP contribution is 2.18. The number of ether oxygens (including phenoxy) is 1. The topological polar surface area (TPSA) is 84.1 Å². The van der Waals surface area contributed by atoms with Gasteiger partial charge in [0, 0.05) is 17.9 Å². The lowest BCUT2D eigenvalue weighted by molar-refractivity contribution is -0.125. The van der Waals surface area contributed by atoms with Gasteiger partial charge in [-0.25, -0.2) is 4.79 Å². The molecule has 1 N–H and O–H groups in total. The molecule has 0 fully saturated rings. The van der Waals surface area contributed by atoms with Gasteiger partial charge in [0.2, 0.25) is 0 Å². The monoisotopic (exact) mass is 381 g/mol. The van der Waals surface area contributed by atoms with Crippen LogP contribution < -0.4 is 5.32 Å². The fraction of sp³-hybridized carbons (Fsp3) is 0.409. The normalized spacial score (nSPS) is 12.9. The molecule has 0 unspecified atom stereocenters. The van der Waals surface area contributed by atoms with Gasteiger partial charge in [-0.05, 0) is 38.3 Å². The van der Waals surface area contributed by atoms with Crippen molar-refractivity contribution in [2.45, 2.75) is 46.7 Å². The van der Waals surface area contributed by atoms with Gasteiger partial charge in [0.15, 0.2) is 6.61 Å². The summed E-state index contributed by atoms with van der Waals surface area (Å²) in [7, 11) is 0. The van der Waals surface area contributed by atoms with E-state index in [-0.39, 0.29) is 5.92 Å². The Balaban J connectivity index is 2.04. The van der Waals surface area contributed by atoms with Gasteiger partial charge in [0.25, 0.3) is 5.91 Å². The lowest BCUT2D eigenvalue weighted by Gasteiger charge is -2.27. The van der Waals surface area contributed by atoms with E-state index in [1.807, 2.05) is 62.6 Å². The second-order valence-electron chi connectivity index (χ2n) is 7.45. The minimum absolute atomic E-state index is 0.0749. The van der Waals surface area contributed by atoms with Crippen molar-refractivity contribution in [3.8, 4) is 6.07 Å². The molecule has 0 saturated heterocycles. The number of carbonyl (C=O) groups is 2. The molecule has 6 heteroatoms. The third-order valence-corrected chi connectivity index (χ3v) is 5.10. The smallest absolute Gasteiger partial charge is 0.340 e. The van der Waals surface area contributed by atoms with Crippen LogP contribution in [-0.4, -0.2) is 28.6 Å². The first-order valence-corrected chi connectivity index (χ1v) is 9.28. The standard InChI is InChI=1S/C22H27N3O3/c1-15(2)22(5,14-23)24-20(26)13-28-21(27)19-11-16(3)25(17(19)4)12-18-9-7-6-8-10-18/h6-11,15H,12-13H2,1-5H3,(H,24,26)/t22-/m0/s1. The Morgan fingerprint density at radius 1 is 1.25 bits per heavy atom. The van der Waals surface area contributed by atoms with E-state index in [0.717, 1.165) is 17.0 Å². The van der Waals surface area contributed by atoms with Crippen molar-refractivity contribution in [2.75, 3.05) is 6.61 Å². The molecule has 6 nitrogen and oxygen atoms in total. The molecule has 0 radical (unpaired) electrons.